The van der Waals surface area contributed by atoms with E-state index < -0.39 is 0 Å². The first-order chi connectivity index (χ1) is 8.74. The first-order valence-corrected chi connectivity index (χ1v) is 7.03. The Hall–Kier alpha value is -1.10. The number of rotatable bonds is 4. The van der Waals surface area contributed by atoms with Gasteiger partial charge < -0.3 is 16.0 Å². The van der Waals surface area contributed by atoms with Gasteiger partial charge in [-0.25, -0.2) is 0 Å². The van der Waals surface area contributed by atoms with Gasteiger partial charge in [0.05, 0.1) is 6.54 Å². The molecule has 5 heteroatoms. The Morgan fingerprint density at radius 2 is 1.94 bits per heavy atom. The van der Waals surface area contributed by atoms with E-state index in [4.69, 9.17) is 0 Å². The van der Waals surface area contributed by atoms with Crippen LogP contribution < -0.4 is 16.0 Å². The van der Waals surface area contributed by atoms with Gasteiger partial charge in [0.25, 0.3) is 0 Å². The van der Waals surface area contributed by atoms with E-state index in [2.05, 4.69) is 16.0 Å². The molecule has 1 atom stereocenters. The molecule has 1 aliphatic heterocycles. The third-order valence-electron chi connectivity index (χ3n) is 3.79. The van der Waals surface area contributed by atoms with Gasteiger partial charge in [0.2, 0.25) is 11.8 Å². The molecule has 0 spiro atoms. The summed E-state index contributed by atoms with van der Waals surface area (Å²) in [6.07, 6.45) is 7.37. The summed E-state index contributed by atoms with van der Waals surface area (Å²) in [5, 5.41) is 9.09. The van der Waals surface area contributed by atoms with Crippen LogP contribution in [0.3, 0.4) is 0 Å². The molecular weight excluding hydrogens is 230 g/mol. The lowest BCUT2D eigenvalue weighted by molar-refractivity contribution is -0.122. The molecule has 0 aromatic rings. The summed E-state index contributed by atoms with van der Waals surface area (Å²) in [6, 6.07) is 0.610. The third kappa shape index (κ3) is 4.29. The quantitative estimate of drug-likeness (QED) is 0.675. The van der Waals surface area contributed by atoms with Crippen molar-refractivity contribution in [3.05, 3.63) is 0 Å². The number of piperidine rings is 1. The average molecular weight is 253 g/mol. The molecule has 0 bridgehead atoms. The lowest BCUT2D eigenvalue weighted by Crippen LogP contribution is -2.49. The van der Waals surface area contributed by atoms with Gasteiger partial charge in [-0.05, 0) is 19.3 Å². The largest absolute Gasteiger partial charge is 0.355 e. The summed E-state index contributed by atoms with van der Waals surface area (Å²) in [6.45, 7) is 0.993. The van der Waals surface area contributed by atoms with Crippen molar-refractivity contribution in [1.82, 2.24) is 16.0 Å². The highest BCUT2D eigenvalue weighted by atomic mass is 16.2. The smallest absolute Gasteiger partial charge is 0.234 e. The summed E-state index contributed by atoms with van der Waals surface area (Å²) in [5.41, 5.74) is 0. The van der Waals surface area contributed by atoms with E-state index in [-0.39, 0.29) is 17.9 Å². The monoisotopic (exact) mass is 253 g/mol. The normalized spacial score (nSPS) is 25.6. The molecule has 1 aliphatic carbocycles. The number of carbonyl (C=O) groups excluding carboxylic acids is 2. The number of amides is 2. The molecule has 0 aromatic heterocycles. The number of hydrogen-bond acceptors (Lipinski definition) is 3. The molecule has 3 N–H and O–H groups in total. The highest BCUT2D eigenvalue weighted by Gasteiger charge is 2.19. The zero-order valence-corrected chi connectivity index (χ0v) is 10.8. The van der Waals surface area contributed by atoms with E-state index in [9.17, 15) is 9.59 Å². The molecule has 1 unspecified atom stereocenters. The molecule has 0 radical (unpaired) electrons. The van der Waals surface area contributed by atoms with Crippen LogP contribution in [-0.2, 0) is 9.59 Å². The van der Waals surface area contributed by atoms with Gasteiger partial charge >= 0.3 is 0 Å². The summed E-state index contributed by atoms with van der Waals surface area (Å²) >= 11 is 0. The number of nitrogens with one attached hydrogen (secondary N) is 3. The second-order valence-corrected chi connectivity index (χ2v) is 5.32. The Labute approximate surface area is 108 Å². The summed E-state index contributed by atoms with van der Waals surface area (Å²) < 4.78 is 0. The average Bonchev–Trinajstić information content (AvgIpc) is 2.39. The van der Waals surface area contributed by atoms with E-state index in [1.54, 1.807) is 0 Å². The van der Waals surface area contributed by atoms with Gasteiger partial charge in [-0.1, -0.05) is 19.3 Å². The Balaban J connectivity index is 1.60. The standard InChI is InChI=1S/C13H23N3O2/c17-12-7-6-11(8-15-12)14-9-13(18)16-10-4-2-1-3-5-10/h10-11,14H,1-9H2,(H,15,17)(H,16,18). The van der Waals surface area contributed by atoms with Gasteiger partial charge in [0, 0.05) is 25.0 Å². The van der Waals surface area contributed by atoms with Crippen LogP contribution in [0.4, 0.5) is 0 Å². The second kappa shape index (κ2) is 6.73. The van der Waals surface area contributed by atoms with Gasteiger partial charge in [0.15, 0.2) is 0 Å². The molecule has 0 aromatic carbocycles. The third-order valence-corrected chi connectivity index (χ3v) is 3.79. The summed E-state index contributed by atoms with van der Waals surface area (Å²) in [7, 11) is 0. The SMILES string of the molecule is O=C1CCC(NCC(=O)NC2CCCCC2)CN1. The van der Waals surface area contributed by atoms with Crippen molar-refractivity contribution in [2.45, 2.75) is 57.0 Å². The van der Waals surface area contributed by atoms with E-state index in [1.165, 1.54) is 19.3 Å². The number of carbonyl (C=O) groups is 2. The zero-order chi connectivity index (χ0) is 12.8. The predicted octanol–water partition coefficient (Wildman–Crippen LogP) is 0.304. The first-order valence-electron chi connectivity index (χ1n) is 7.03. The van der Waals surface area contributed by atoms with Crippen LogP contribution in [-0.4, -0.2) is 37.0 Å². The fourth-order valence-electron chi connectivity index (χ4n) is 2.67. The molecule has 18 heavy (non-hydrogen) atoms. The van der Waals surface area contributed by atoms with Crippen LogP contribution in [0.2, 0.25) is 0 Å². The van der Waals surface area contributed by atoms with Crippen LogP contribution >= 0.6 is 0 Å². The Morgan fingerprint density at radius 3 is 2.61 bits per heavy atom. The maximum absolute atomic E-state index is 11.8. The lowest BCUT2D eigenvalue weighted by atomic mass is 9.95. The molecule has 2 aliphatic rings. The topological polar surface area (TPSA) is 70.2 Å². The first kappa shape index (κ1) is 13.3. The van der Waals surface area contributed by atoms with Crippen LogP contribution in [0, 0.1) is 0 Å². The summed E-state index contributed by atoms with van der Waals surface area (Å²) in [4.78, 5) is 22.7. The van der Waals surface area contributed by atoms with Crippen LogP contribution in [0.5, 0.6) is 0 Å². The van der Waals surface area contributed by atoms with Gasteiger partial charge in [-0.2, -0.15) is 0 Å². The molecule has 1 saturated heterocycles. The van der Waals surface area contributed by atoms with Crippen molar-refractivity contribution in [2.24, 2.45) is 0 Å². The van der Waals surface area contributed by atoms with Crippen molar-refractivity contribution >= 4 is 11.8 Å². The summed E-state index contributed by atoms with van der Waals surface area (Å²) in [5.74, 6) is 0.193. The van der Waals surface area contributed by atoms with Crippen LogP contribution in [0.15, 0.2) is 0 Å². The van der Waals surface area contributed by atoms with Gasteiger partial charge in [-0.15, -0.1) is 0 Å². The molecule has 1 saturated carbocycles. The molecule has 5 nitrogen and oxygen atoms in total. The molecule has 1 heterocycles. The van der Waals surface area contributed by atoms with Crippen molar-refractivity contribution < 1.29 is 9.59 Å². The lowest BCUT2D eigenvalue weighted by Gasteiger charge is -2.25. The molecular formula is C13H23N3O2. The van der Waals surface area contributed by atoms with Crippen molar-refractivity contribution in [2.75, 3.05) is 13.1 Å². The predicted molar refractivity (Wildman–Crippen MR) is 69.1 cm³/mol. The minimum absolute atomic E-state index is 0.0822. The molecule has 2 amide bonds. The molecule has 2 fully saturated rings. The fraction of sp³-hybridized carbons (Fsp3) is 0.846. The van der Waals surface area contributed by atoms with Gasteiger partial charge in [-0.3, -0.25) is 9.59 Å². The minimum atomic E-state index is 0.0822. The maximum atomic E-state index is 11.8. The van der Waals surface area contributed by atoms with E-state index in [0.717, 1.165) is 19.3 Å². The van der Waals surface area contributed by atoms with E-state index in [0.29, 0.717) is 25.6 Å². The molecule has 2 rings (SSSR count). The maximum Gasteiger partial charge on any atom is 0.234 e. The molecule has 102 valence electrons. The van der Waals surface area contributed by atoms with Crippen molar-refractivity contribution in [1.29, 1.82) is 0 Å². The van der Waals surface area contributed by atoms with Crippen LogP contribution in [0.25, 0.3) is 0 Å². The zero-order valence-electron chi connectivity index (χ0n) is 10.8. The van der Waals surface area contributed by atoms with Crippen molar-refractivity contribution in [3.8, 4) is 0 Å². The number of hydrogen-bond donors (Lipinski definition) is 3. The van der Waals surface area contributed by atoms with Crippen molar-refractivity contribution in [3.63, 3.8) is 0 Å². The highest BCUT2D eigenvalue weighted by Crippen LogP contribution is 2.17. The fourth-order valence-corrected chi connectivity index (χ4v) is 2.67. The Kier molecular flexibility index (Phi) is 4.99. The Morgan fingerprint density at radius 1 is 1.17 bits per heavy atom. The second-order valence-electron chi connectivity index (χ2n) is 5.32. The van der Waals surface area contributed by atoms with Crippen LogP contribution in [0.1, 0.15) is 44.9 Å². The van der Waals surface area contributed by atoms with Gasteiger partial charge in [0.1, 0.15) is 0 Å². The Bertz CT molecular complexity index is 291. The van der Waals surface area contributed by atoms with E-state index in [1.807, 2.05) is 0 Å². The minimum Gasteiger partial charge on any atom is -0.355 e. The van der Waals surface area contributed by atoms with E-state index >= 15 is 0 Å². The highest BCUT2D eigenvalue weighted by molar-refractivity contribution is 5.78.